The van der Waals surface area contributed by atoms with Gasteiger partial charge in [0.15, 0.2) is 5.82 Å². The maximum atomic E-state index is 5.41. The molecule has 0 bridgehead atoms. The average molecular weight is 219 g/mol. The Morgan fingerprint density at radius 2 is 2.27 bits per heavy atom. The van der Waals surface area contributed by atoms with Gasteiger partial charge in [-0.05, 0) is 24.6 Å². The van der Waals surface area contributed by atoms with Crippen molar-refractivity contribution in [3.8, 4) is 5.82 Å². The molecule has 0 aliphatic carbocycles. The second kappa shape index (κ2) is 3.74. The molecule has 0 saturated carbocycles. The molecule has 0 aliphatic heterocycles. The standard InChI is InChI=1S/C9H9N5S/c1-6-2-3-11-7(4-6)14-5-12-9(13-14)8(10)15/h2-5H,1H3,(H2,10,15). The molecule has 0 amide bonds. The largest absolute Gasteiger partial charge is 0.387 e. The van der Waals surface area contributed by atoms with Crippen LogP contribution in [0.25, 0.3) is 5.82 Å². The summed E-state index contributed by atoms with van der Waals surface area (Å²) in [7, 11) is 0. The first-order valence-electron chi connectivity index (χ1n) is 4.31. The molecule has 2 aromatic heterocycles. The Balaban J connectivity index is 2.41. The van der Waals surface area contributed by atoms with Crippen LogP contribution in [0.3, 0.4) is 0 Å². The minimum atomic E-state index is 0.182. The van der Waals surface area contributed by atoms with E-state index in [1.807, 2.05) is 19.1 Å². The summed E-state index contributed by atoms with van der Waals surface area (Å²) in [6.07, 6.45) is 3.25. The van der Waals surface area contributed by atoms with Gasteiger partial charge in [0.2, 0.25) is 5.82 Å². The van der Waals surface area contributed by atoms with Crippen LogP contribution in [-0.2, 0) is 0 Å². The molecule has 6 heteroatoms. The first-order valence-corrected chi connectivity index (χ1v) is 4.72. The lowest BCUT2D eigenvalue weighted by molar-refractivity contribution is 0.840. The summed E-state index contributed by atoms with van der Waals surface area (Å²) < 4.78 is 1.54. The van der Waals surface area contributed by atoms with E-state index < -0.39 is 0 Å². The first-order chi connectivity index (χ1) is 7.16. The van der Waals surface area contributed by atoms with Crippen LogP contribution < -0.4 is 5.73 Å². The molecule has 0 fully saturated rings. The van der Waals surface area contributed by atoms with Crippen LogP contribution in [-0.4, -0.2) is 24.7 Å². The number of nitrogens with zero attached hydrogens (tertiary/aromatic N) is 4. The smallest absolute Gasteiger partial charge is 0.208 e. The molecule has 15 heavy (non-hydrogen) atoms. The van der Waals surface area contributed by atoms with Gasteiger partial charge in [0.25, 0.3) is 0 Å². The van der Waals surface area contributed by atoms with Crippen molar-refractivity contribution in [1.82, 2.24) is 19.7 Å². The van der Waals surface area contributed by atoms with E-state index >= 15 is 0 Å². The molecule has 76 valence electrons. The predicted molar refractivity (Wildman–Crippen MR) is 59.8 cm³/mol. The van der Waals surface area contributed by atoms with Crippen LogP contribution in [0.4, 0.5) is 0 Å². The van der Waals surface area contributed by atoms with Crippen molar-refractivity contribution in [3.63, 3.8) is 0 Å². The predicted octanol–water partition coefficient (Wildman–Crippen LogP) is 0.605. The topological polar surface area (TPSA) is 69.6 Å². The summed E-state index contributed by atoms with van der Waals surface area (Å²) in [6.45, 7) is 1.98. The summed E-state index contributed by atoms with van der Waals surface area (Å²) in [5.41, 5.74) is 6.51. The molecule has 0 atom stereocenters. The third-order valence-electron chi connectivity index (χ3n) is 1.85. The SMILES string of the molecule is Cc1ccnc(-n2cnc(C(N)=S)n2)c1. The van der Waals surface area contributed by atoms with Crippen LogP contribution in [0.2, 0.25) is 0 Å². The lowest BCUT2D eigenvalue weighted by Gasteiger charge is -1.99. The fraction of sp³-hybridized carbons (Fsp3) is 0.111. The van der Waals surface area contributed by atoms with Crippen molar-refractivity contribution in [2.45, 2.75) is 6.92 Å². The van der Waals surface area contributed by atoms with E-state index in [-0.39, 0.29) is 4.99 Å². The molecule has 0 aliphatic rings. The maximum absolute atomic E-state index is 5.41. The van der Waals surface area contributed by atoms with Crippen LogP contribution in [0.1, 0.15) is 11.4 Å². The Kier molecular flexibility index (Phi) is 2.42. The zero-order valence-electron chi connectivity index (χ0n) is 8.08. The Labute approximate surface area is 92.0 Å². The second-order valence-corrected chi connectivity index (χ2v) is 3.51. The van der Waals surface area contributed by atoms with E-state index in [1.54, 1.807) is 10.9 Å². The molecule has 0 radical (unpaired) electrons. The van der Waals surface area contributed by atoms with Crippen molar-refractivity contribution in [2.75, 3.05) is 0 Å². The highest BCUT2D eigenvalue weighted by Gasteiger charge is 2.05. The molecule has 5 nitrogen and oxygen atoms in total. The fourth-order valence-electron chi connectivity index (χ4n) is 1.13. The van der Waals surface area contributed by atoms with E-state index in [0.717, 1.165) is 5.56 Å². The molecular formula is C9H9N5S. The number of pyridine rings is 1. The molecular weight excluding hydrogens is 210 g/mol. The van der Waals surface area contributed by atoms with Gasteiger partial charge in [-0.25, -0.2) is 14.6 Å². The summed E-state index contributed by atoms with van der Waals surface area (Å²) in [6, 6.07) is 3.81. The number of rotatable bonds is 2. The summed E-state index contributed by atoms with van der Waals surface area (Å²) in [5, 5.41) is 4.10. The number of nitrogens with two attached hydrogens (primary N) is 1. The van der Waals surface area contributed by atoms with E-state index in [2.05, 4.69) is 15.1 Å². The average Bonchev–Trinajstić information content (AvgIpc) is 2.66. The molecule has 2 N–H and O–H groups in total. The van der Waals surface area contributed by atoms with Gasteiger partial charge in [0.1, 0.15) is 11.3 Å². The summed E-state index contributed by atoms with van der Waals surface area (Å²) in [4.78, 5) is 8.31. The van der Waals surface area contributed by atoms with Crippen LogP contribution >= 0.6 is 12.2 Å². The van der Waals surface area contributed by atoms with Crippen LogP contribution in [0.5, 0.6) is 0 Å². The van der Waals surface area contributed by atoms with Crippen LogP contribution in [0, 0.1) is 6.92 Å². The summed E-state index contributed by atoms with van der Waals surface area (Å²) in [5.74, 6) is 1.05. The van der Waals surface area contributed by atoms with Crippen molar-refractivity contribution in [3.05, 3.63) is 36.0 Å². The number of hydrogen-bond acceptors (Lipinski definition) is 4. The number of aromatic nitrogens is 4. The van der Waals surface area contributed by atoms with Crippen molar-refractivity contribution < 1.29 is 0 Å². The highest BCUT2D eigenvalue weighted by atomic mass is 32.1. The molecule has 0 unspecified atom stereocenters. The zero-order valence-corrected chi connectivity index (χ0v) is 8.90. The van der Waals surface area contributed by atoms with E-state index in [4.69, 9.17) is 18.0 Å². The molecule has 0 saturated heterocycles. The Morgan fingerprint density at radius 3 is 2.87 bits per heavy atom. The van der Waals surface area contributed by atoms with Gasteiger partial charge in [0.05, 0.1) is 0 Å². The molecule has 2 heterocycles. The van der Waals surface area contributed by atoms with Gasteiger partial charge in [-0.15, -0.1) is 5.10 Å². The Hall–Kier alpha value is -1.82. The van der Waals surface area contributed by atoms with Gasteiger partial charge in [-0.2, -0.15) is 0 Å². The molecule has 2 aromatic rings. The first kappa shape index (κ1) is 9.72. The number of hydrogen-bond donors (Lipinski definition) is 1. The van der Waals surface area contributed by atoms with E-state index in [0.29, 0.717) is 11.6 Å². The minimum absolute atomic E-state index is 0.182. The summed E-state index contributed by atoms with van der Waals surface area (Å²) >= 11 is 4.77. The van der Waals surface area contributed by atoms with Crippen LogP contribution in [0.15, 0.2) is 24.7 Å². The monoisotopic (exact) mass is 219 g/mol. The second-order valence-electron chi connectivity index (χ2n) is 3.07. The fourth-order valence-corrected chi connectivity index (χ4v) is 1.23. The zero-order chi connectivity index (χ0) is 10.8. The Morgan fingerprint density at radius 1 is 1.47 bits per heavy atom. The molecule has 2 rings (SSSR count). The van der Waals surface area contributed by atoms with Gasteiger partial charge < -0.3 is 5.73 Å². The van der Waals surface area contributed by atoms with Gasteiger partial charge in [0, 0.05) is 6.20 Å². The van der Waals surface area contributed by atoms with Gasteiger partial charge >= 0.3 is 0 Å². The molecule has 0 aromatic carbocycles. The molecule has 0 spiro atoms. The number of aryl methyl sites for hydroxylation is 1. The lowest BCUT2D eigenvalue weighted by Crippen LogP contribution is -2.12. The highest BCUT2D eigenvalue weighted by molar-refractivity contribution is 7.80. The highest BCUT2D eigenvalue weighted by Crippen LogP contribution is 2.04. The third kappa shape index (κ3) is 1.99. The van der Waals surface area contributed by atoms with Crippen molar-refractivity contribution in [2.24, 2.45) is 5.73 Å². The van der Waals surface area contributed by atoms with Crippen molar-refractivity contribution >= 4 is 17.2 Å². The van der Waals surface area contributed by atoms with E-state index in [1.165, 1.54) is 6.33 Å². The van der Waals surface area contributed by atoms with E-state index in [9.17, 15) is 0 Å². The van der Waals surface area contributed by atoms with Crippen molar-refractivity contribution in [1.29, 1.82) is 0 Å². The lowest BCUT2D eigenvalue weighted by atomic mass is 10.3. The third-order valence-corrected chi connectivity index (χ3v) is 2.03. The maximum Gasteiger partial charge on any atom is 0.208 e. The normalized spacial score (nSPS) is 10.2. The minimum Gasteiger partial charge on any atom is -0.387 e. The number of thiocarbonyl (C=S) groups is 1. The quantitative estimate of drug-likeness (QED) is 0.749. The van der Waals surface area contributed by atoms with Gasteiger partial charge in [-0.1, -0.05) is 12.2 Å². The van der Waals surface area contributed by atoms with Gasteiger partial charge in [-0.3, -0.25) is 0 Å². The Bertz CT molecular complexity index is 505.